The van der Waals surface area contributed by atoms with Crippen LogP contribution in [0.2, 0.25) is 10.0 Å². The Morgan fingerprint density at radius 1 is 1.14 bits per heavy atom. The first kappa shape index (κ1) is 25.8. The van der Waals surface area contributed by atoms with Crippen molar-refractivity contribution in [3.63, 3.8) is 0 Å². The van der Waals surface area contributed by atoms with Crippen LogP contribution >= 0.6 is 23.2 Å². The van der Waals surface area contributed by atoms with Crippen molar-refractivity contribution in [2.75, 3.05) is 0 Å². The highest BCUT2D eigenvalue weighted by molar-refractivity contribution is 6.33. The predicted molar refractivity (Wildman–Crippen MR) is 142 cm³/mol. The first-order chi connectivity index (χ1) is 16.8. The molecule has 0 saturated heterocycles. The Bertz CT molecular complexity index is 1370. The Morgan fingerprint density at radius 3 is 2.36 bits per heavy atom. The lowest BCUT2D eigenvalue weighted by Crippen LogP contribution is -2.51. The SMILES string of the molecule is CC1(C)CC(N(C(=O)O)C(C)(C)C)c2cc(-c3ccc(Cl)cc3)c(-c3ccc(C#N)cc3Cl)nc2O1. The number of hydrogen-bond acceptors (Lipinski definition) is 4. The maximum absolute atomic E-state index is 12.5. The summed E-state index contributed by atoms with van der Waals surface area (Å²) >= 11 is 12.8. The van der Waals surface area contributed by atoms with Gasteiger partial charge in [-0.15, -0.1) is 0 Å². The monoisotopic (exact) mass is 523 g/mol. The summed E-state index contributed by atoms with van der Waals surface area (Å²) in [5, 5.41) is 20.5. The second-order valence-electron chi connectivity index (χ2n) is 10.5. The molecule has 4 rings (SSSR count). The number of benzene rings is 2. The van der Waals surface area contributed by atoms with Crippen LogP contribution in [0.4, 0.5) is 4.79 Å². The van der Waals surface area contributed by atoms with E-state index in [0.29, 0.717) is 44.7 Å². The van der Waals surface area contributed by atoms with E-state index in [9.17, 15) is 15.2 Å². The van der Waals surface area contributed by atoms with Crippen LogP contribution in [0.1, 0.15) is 58.2 Å². The van der Waals surface area contributed by atoms with E-state index < -0.39 is 23.3 Å². The molecule has 2 aromatic carbocycles. The van der Waals surface area contributed by atoms with Crippen LogP contribution < -0.4 is 4.74 Å². The molecule has 1 atom stereocenters. The lowest BCUT2D eigenvalue weighted by molar-refractivity contribution is 0.00156. The summed E-state index contributed by atoms with van der Waals surface area (Å²) in [4.78, 5) is 18.9. The number of carboxylic acid groups (broad SMARTS) is 1. The van der Waals surface area contributed by atoms with E-state index >= 15 is 0 Å². The highest BCUT2D eigenvalue weighted by Gasteiger charge is 2.44. The van der Waals surface area contributed by atoms with Gasteiger partial charge in [0.1, 0.15) is 5.60 Å². The van der Waals surface area contributed by atoms with Gasteiger partial charge >= 0.3 is 6.09 Å². The first-order valence-electron chi connectivity index (χ1n) is 11.5. The van der Waals surface area contributed by atoms with Gasteiger partial charge in [0, 0.05) is 33.7 Å². The van der Waals surface area contributed by atoms with Gasteiger partial charge in [0.2, 0.25) is 5.88 Å². The van der Waals surface area contributed by atoms with Gasteiger partial charge in [-0.1, -0.05) is 35.3 Å². The number of carbonyl (C=O) groups is 1. The maximum atomic E-state index is 12.5. The lowest BCUT2D eigenvalue weighted by Gasteiger charge is -2.46. The second-order valence-corrected chi connectivity index (χ2v) is 11.3. The number of nitrogens with zero attached hydrogens (tertiary/aromatic N) is 3. The smallest absolute Gasteiger partial charge is 0.408 e. The van der Waals surface area contributed by atoms with E-state index in [2.05, 4.69) is 6.07 Å². The average Bonchev–Trinajstić information content (AvgIpc) is 2.77. The fourth-order valence-corrected chi connectivity index (χ4v) is 5.06. The highest BCUT2D eigenvalue weighted by atomic mass is 35.5. The summed E-state index contributed by atoms with van der Waals surface area (Å²) < 4.78 is 6.30. The molecule has 36 heavy (non-hydrogen) atoms. The van der Waals surface area contributed by atoms with Crippen molar-refractivity contribution < 1.29 is 14.6 Å². The van der Waals surface area contributed by atoms with Crippen LogP contribution in [0.25, 0.3) is 22.4 Å². The first-order valence-corrected chi connectivity index (χ1v) is 12.3. The molecule has 1 unspecified atom stereocenters. The molecule has 1 aliphatic heterocycles. The van der Waals surface area contributed by atoms with Crippen molar-refractivity contribution >= 4 is 29.3 Å². The van der Waals surface area contributed by atoms with Gasteiger partial charge in [0.15, 0.2) is 0 Å². The lowest BCUT2D eigenvalue weighted by atomic mass is 9.86. The minimum absolute atomic E-state index is 0.361. The molecule has 1 amide bonds. The second kappa shape index (κ2) is 9.31. The van der Waals surface area contributed by atoms with Crippen LogP contribution in [0.15, 0.2) is 48.5 Å². The zero-order valence-electron chi connectivity index (χ0n) is 20.8. The number of amides is 1. The Hall–Kier alpha value is -3.27. The number of aromatic nitrogens is 1. The van der Waals surface area contributed by atoms with Gasteiger partial charge in [-0.3, -0.25) is 4.90 Å². The average molecular weight is 524 g/mol. The number of halogens is 2. The largest absolute Gasteiger partial charge is 0.471 e. The molecule has 1 aromatic heterocycles. The summed E-state index contributed by atoms with van der Waals surface area (Å²) in [6.07, 6.45) is -0.550. The molecule has 0 fully saturated rings. The fourth-order valence-electron chi connectivity index (χ4n) is 4.66. The van der Waals surface area contributed by atoms with Crippen LogP contribution in [0.3, 0.4) is 0 Å². The van der Waals surface area contributed by atoms with Gasteiger partial charge < -0.3 is 9.84 Å². The van der Waals surface area contributed by atoms with Gasteiger partial charge in [0.25, 0.3) is 0 Å². The summed E-state index contributed by atoms with van der Waals surface area (Å²) in [5.41, 5.74) is 2.61. The zero-order chi connectivity index (χ0) is 26.4. The summed E-state index contributed by atoms with van der Waals surface area (Å²) in [6.45, 7) is 9.48. The third-order valence-electron chi connectivity index (χ3n) is 6.18. The molecular formula is C28H27Cl2N3O3. The van der Waals surface area contributed by atoms with Crippen LogP contribution in [-0.4, -0.2) is 32.2 Å². The van der Waals surface area contributed by atoms with E-state index in [4.69, 9.17) is 32.9 Å². The zero-order valence-corrected chi connectivity index (χ0v) is 22.3. The minimum atomic E-state index is -1.01. The molecule has 0 bridgehead atoms. The van der Waals surface area contributed by atoms with Gasteiger partial charge in [-0.25, -0.2) is 9.78 Å². The molecule has 0 saturated carbocycles. The van der Waals surface area contributed by atoms with Crippen molar-refractivity contribution in [2.45, 2.75) is 58.2 Å². The molecule has 0 spiro atoms. The van der Waals surface area contributed by atoms with E-state index in [1.807, 2.05) is 52.8 Å². The highest BCUT2D eigenvalue weighted by Crippen LogP contribution is 2.48. The summed E-state index contributed by atoms with van der Waals surface area (Å²) in [5.74, 6) is 0.361. The van der Waals surface area contributed by atoms with Gasteiger partial charge in [-0.05, 0) is 76.6 Å². The molecule has 0 aliphatic carbocycles. The number of nitriles is 1. The number of ether oxygens (including phenoxy) is 1. The predicted octanol–water partition coefficient (Wildman–Crippen LogP) is 7.97. The summed E-state index contributed by atoms with van der Waals surface area (Å²) in [6, 6.07) is 16.0. The third-order valence-corrected chi connectivity index (χ3v) is 6.75. The van der Waals surface area contributed by atoms with Gasteiger partial charge in [0.05, 0.1) is 28.4 Å². The van der Waals surface area contributed by atoms with E-state index in [-0.39, 0.29) is 0 Å². The molecule has 6 nitrogen and oxygen atoms in total. The minimum Gasteiger partial charge on any atom is -0.471 e. The summed E-state index contributed by atoms with van der Waals surface area (Å²) in [7, 11) is 0. The molecule has 1 N–H and O–H groups in total. The number of hydrogen-bond donors (Lipinski definition) is 1. The van der Waals surface area contributed by atoms with Crippen molar-refractivity contribution in [3.8, 4) is 34.3 Å². The molecule has 8 heteroatoms. The van der Waals surface area contributed by atoms with E-state index in [0.717, 1.165) is 11.1 Å². The molecular weight excluding hydrogens is 497 g/mol. The number of rotatable bonds is 3. The Balaban J connectivity index is 2.02. The van der Waals surface area contributed by atoms with Crippen molar-refractivity contribution in [1.82, 2.24) is 9.88 Å². The quantitative estimate of drug-likeness (QED) is 0.375. The maximum Gasteiger partial charge on any atom is 0.408 e. The van der Waals surface area contributed by atoms with Crippen LogP contribution in [0.5, 0.6) is 5.88 Å². The van der Waals surface area contributed by atoms with E-state index in [1.54, 1.807) is 30.3 Å². The van der Waals surface area contributed by atoms with Gasteiger partial charge in [-0.2, -0.15) is 5.26 Å². The Kier molecular flexibility index (Phi) is 6.68. The Labute approximate surface area is 221 Å². The molecule has 3 aromatic rings. The van der Waals surface area contributed by atoms with Crippen LogP contribution in [0, 0.1) is 11.3 Å². The topological polar surface area (TPSA) is 86.5 Å². The molecule has 0 radical (unpaired) electrons. The van der Waals surface area contributed by atoms with E-state index in [1.165, 1.54) is 4.90 Å². The van der Waals surface area contributed by atoms with Crippen molar-refractivity contribution in [3.05, 3.63) is 69.7 Å². The molecule has 2 heterocycles. The number of pyridine rings is 1. The standard InChI is InChI=1S/C28H27Cl2N3O3/c1-27(2,3)33(26(34)35)23-14-28(4,5)36-25-21(23)13-20(17-7-9-18(29)10-8-17)24(32-25)19-11-6-16(15-31)12-22(19)30/h6-13,23H,14H2,1-5H3,(H,34,35). The molecule has 186 valence electrons. The Morgan fingerprint density at radius 2 is 1.81 bits per heavy atom. The normalized spacial score (nSPS) is 16.4. The molecule has 1 aliphatic rings. The number of fused-ring (bicyclic) bond motifs is 1. The van der Waals surface area contributed by atoms with Crippen molar-refractivity contribution in [2.24, 2.45) is 0 Å². The van der Waals surface area contributed by atoms with Crippen molar-refractivity contribution in [1.29, 1.82) is 5.26 Å². The third kappa shape index (κ3) is 5.00. The van der Waals surface area contributed by atoms with Crippen LogP contribution in [-0.2, 0) is 0 Å². The fraction of sp³-hybridized carbons (Fsp3) is 0.321.